The Bertz CT molecular complexity index is 813. The van der Waals surface area contributed by atoms with Crippen LogP contribution in [-0.2, 0) is 9.59 Å². The Hall–Kier alpha value is -2.08. The second-order valence-electron chi connectivity index (χ2n) is 9.43. The molecule has 4 aliphatic rings. The second kappa shape index (κ2) is 8.22. The van der Waals surface area contributed by atoms with Gasteiger partial charge in [0.1, 0.15) is 12.4 Å². The highest BCUT2D eigenvalue weighted by Crippen LogP contribution is 2.43. The van der Waals surface area contributed by atoms with E-state index in [0.29, 0.717) is 49.5 Å². The molecule has 0 radical (unpaired) electrons. The Morgan fingerprint density at radius 1 is 1.20 bits per heavy atom. The molecule has 0 aromatic heterocycles. The van der Waals surface area contributed by atoms with Crippen molar-refractivity contribution in [1.82, 2.24) is 9.80 Å². The van der Waals surface area contributed by atoms with E-state index >= 15 is 0 Å². The van der Waals surface area contributed by atoms with Gasteiger partial charge in [-0.2, -0.15) is 0 Å². The van der Waals surface area contributed by atoms with Crippen LogP contribution in [0.4, 0.5) is 5.69 Å². The first-order chi connectivity index (χ1) is 14.7. The highest BCUT2D eigenvalue weighted by Gasteiger charge is 2.49. The van der Waals surface area contributed by atoms with Gasteiger partial charge in [-0.25, -0.2) is 0 Å². The van der Waals surface area contributed by atoms with Crippen LogP contribution in [0.25, 0.3) is 0 Å². The Labute approximate surface area is 179 Å². The van der Waals surface area contributed by atoms with Gasteiger partial charge in [0.15, 0.2) is 0 Å². The fraction of sp³-hybridized carbons (Fsp3) is 0.667. The topological polar surface area (TPSA) is 53.1 Å². The summed E-state index contributed by atoms with van der Waals surface area (Å²) in [6, 6.07) is 8.55. The molecule has 2 amide bonds. The van der Waals surface area contributed by atoms with Crippen molar-refractivity contribution in [3.8, 4) is 5.75 Å². The molecule has 3 fully saturated rings. The molecule has 1 aromatic rings. The number of carbonyl (C=O) groups is 2. The number of ether oxygens (including phenoxy) is 1. The van der Waals surface area contributed by atoms with Crippen LogP contribution in [0.5, 0.6) is 5.75 Å². The normalized spacial score (nSPS) is 31.0. The van der Waals surface area contributed by atoms with Gasteiger partial charge >= 0.3 is 0 Å². The molecule has 6 heteroatoms. The SMILES string of the molecule is CCC[C@H]1[C@H]2C[C@H](CN(CC(=O)N3CCOc4ccccc43)C2)[C@@H]2CCCC(=O)N21. The van der Waals surface area contributed by atoms with Crippen molar-refractivity contribution >= 4 is 17.5 Å². The highest BCUT2D eigenvalue weighted by molar-refractivity contribution is 5.96. The number of fused-ring (bicyclic) bond motifs is 5. The number of hydrogen-bond acceptors (Lipinski definition) is 4. The largest absolute Gasteiger partial charge is 0.490 e. The molecule has 5 rings (SSSR count). The number of piperidine rings is 3. The third kappa shape index (κ3) is 3.49. The maximum atomic E-state index is 13.3. The number of carbonyl (C=O) groups excluding carboxylic acids is 2. The summed E-state index contributed by atoms with van der Waals surface area (Å²) in [6.45, 7) is 5.69. The van der Waals surface area contributed by atoms with Crippen molar-refractivity contribution in [3.63, 3.8) is 0 Å². The molecule has 4 aliphatic heterocycles. The van der Waals surface area contributed by atoms with Crippen LogP contribution in [0, 0.1) is 11.8 Å². The first-order valence-corrected chi connectivity index (χ1v) is 11.7. The second-order valence-corrected chi connectivity index (χ2v) is 9.43. The van der Waals surface area contributed by atoms with E-state index in [-0.39, 0.29) is 5.91 Å². The monoisotopic (exact) mass is 411 g/mol. The molecule has 0 unspecified atom stereocenters. The van der Waals surface area contributed by atoms with Gasteiger partial charge in [-0.1, -0.05) is 25.5 Å². The van der Waals surface area contributed by atoms with Crippen LogP contribution in [0.15, 0.2) is 24.3 Å². The number of rotatable bonds is 4. The molecular formula is C24H33N3O3. The van der Waals surface area contributed by atoms with Crippen molar-refractivity contribution in [2.75, 3.05) is 37.7 Å². The molecular weight excluding hydrogens is 378 g/mol. The molecule has 0 N–H and O–H groups in total. The lowest BCUT2D eigenvalue weighted by Gasteiger charge is -2.56. The Morgan fingerprint density at radius 2 is 2.03 bits per heavy atom. The quantitative estimate of drug-likeness (QED) is 0.765. The van der Waals surface area contributed by atoms with Crippen molar-refractivity contribution in [1.29, 1.82) is 0 Å². The van der Waals surface area contributed by atoms with E-state index in [1.54, 1.807) is 0 Å². The summed E-state index contributed by atoms with van der Waals surface area (Å²) in [4.78, 5) is 32.6. The summed E-state index contributed by atoms with van der Waals surface area (Å²) in [5.74, 6) is 2.33. The van der Waals surface area contributed by atoms with E-state index in [9.17, 15) is 9.59 Å². The van der Waals surface area contributed by atoms with Crippen LogP contribution >= 0.6 is 0 Å². The van der Waals surface area contributed by atoms with Gasteiger partial charge in [0.2, 0.25) is 11.8 Å². The number of hydrogen-bond donors (Lipinski definition) is 0. The molecule has 0 aliphatic carbocycles. The minimum atomic E-state index is 0.161. The number of anilines is 1. The van der Waals surface area contributed by atoms with E-state index in [2.05, 4.69) is 16.7 Å². The summed E-state index contributed by atoms with van der Waals surface area (Å²) in [6.07, 6.45) is 6.26. The van der Waals surface area contributed by atoms with E-state index in [1.165, 1.54) is 6.42 Å². The summed E-state index contributed by atoms with van der Waals surface area (Å²) < 4.78 is 5.72. The zero-order chi connectivity index (χ0) is 20.7. The third-order valence-corrected chi connectivity index (χ3v) is 7.55. The van der Waals surface area contributed by atoms with Gasteiger partial charge in [-0.3, -0.25) is 14.5 Å². The molecule has 4 heterocycles. The van der Waals surface area contributed by atoms with E-state index in [1.807, 2.05) is 29.2 Å². The number of amides is 2. The van der Waals surface area contributed by atoms with Crippen LogP contribution in [-0.4, -0.2) is 66.5 Å². The zero-order valence-electron chi connectivity index (χ0n) is 18.0. The van der Waals surface area contributed by atoms with Crippen LogP contribution in [0.3, 0.4) is 0 Å². The molecule has 1 aromatic carbocycles. The number of likely N-dealkylation sites (tertiary alicyclic amines) is 1. The summed E-state index contributed by atoms with van der Waals surface area (Å²) >= 11 is 0. The number of para-hydroxylation sites is 2. The summed E-state index contributed by atoms with van der Waals surface area (Å²) in [7, 11) is 0. The molecule has 2 bridgehead atoms. The van der Waals surface area contributed by atoms with Crippen molar-refractivity contribution in [2.45, 2.75) is 57.5 Å². The van der Waals surface area contributed by atoms with Crippen LogP contribution < -0.4 is 9.64 Å². The minimum absolute atomic E-state index is 0.161. The lowest BCUT2D eigenvalue weighted by molar-refractivity contribution is -0.153. The van der Waals surface area contributed by atoms with Crippen molar-refractivity contribution in [2.24, 2.45) is 11.8 Å². The highest BCUT2D eigenvalue weighted by atomic mass is 16.5. The predicted molar refractivity (Wildman–Crippen MR) is 116 cm³/mol. The average molecular weight is 412 g/mol. The lowest BCUT2D eigenvalue weighted by atomic mass is 9.71. The first kappa shape index (κ1) is 19.9. The smallest absolute Gasteiger partial charge is 0.241 e. The van der Waals surface area contributed by atoms with E-state index < -0.39 is 0 Å². The minimum Gasteiger partial charge on any atom is -0.490 e. The Balaban J connectivity index is 1.32. The fourth-order valence-corrected chi connectivity index (χ4v) is 6.37. The number of benzene rings is 1. The Morgan fingerprint density at radius 3 is 2.90 bits per heavy atom. The summed E-state index contributed by atoms with van der Waals surface area (Å²) in [5, 5.41) is 0. The average Bonchev–Trinajstić information content (AvgIpc) is 2.76. The standard InChI is InChI=1S/C24H33N3O3/c1-2-6-19-17-13-18(20-8-5-10-23(28)27(19)20)15-25(14-17)16-24(29)26-11-12-30-22-9-4-3-7-21(22)26/h3-4,7,9,17-20H,2,5-6,8,10-16H2,1H3/t17-,18+,19-,20-/m0/s1. The van der Waals surface area contributed by atoms with Crippen LogP contribution in [0.1, 0.15) is 45.4 Å². The first-order valence-electron chi connectivity index (χ1n) is 11.7. The lowest BCUT2D eigenvalue weighted by Crippen LogP contribution is -2.65. The maximum absolute atomic E-state index is 13.3. The molecule has 4 atom stereocenters. The fourth-order valence-electron chi connectivity index (χ4n) is 6.37. The Kier molecular flexibility index (Phi) is 5.44. The van der Waals surface area contributed by atoms with Gasteiger partial charge in [-0.05, 0) is 49.7 Å². The zero-order valence-corrected chi connectivity index (χ0v) is 18.0. The maximum Gasteiger partial charge on any atom is 0.241 e. The van der Waals surface area contributed by atoms with Crippen LogP contribution in [0.2, 0.25) is 0 Å². The predicted octanol–water partition coefficient (Wildman–Crippen LogP) is 2.91. The van der Waals surface area contributed by atoms with Gasteiger partial charge in [0.05, 0.1) is 18.8 Å². The number of nitrogens with zero attached hydrogens (tertiary/aromatic N) is 3. The van der Waals surface area contributed by atoms with Gasteiger partial charge in [0, 0.05) is 31.6 Å². The van der Waals surface area contributed by atoms with Crippen molar-refractivity contribution < 1.29 is 14.3 Å². The van der Waals surface area contributed by atoms with Gasteiger partial charge < -0.3 is 14.5 Å². The summed E-state index contributed by atoms with van der Waals surface area (Å²) in [5.41, 5.74) is 0.888. The molecule has 30 heavy (non-hydrogen) atoms. The van der Waals surface area contributed by atoms with Gasteiger partial charge in [-0.15, -0.1) is 0 Å². The van der Waals surface area contributed by atoms with Gasteiger partial charge in [0.25, 0.3) is 0 Å². The molecule has 0 saturated carbocycles. The molecule has 0 spiro atoms. The molecule has 6 nitrogen and oxygen atoms in total. The third-order valence-electron chi connectivity index (χ3n) is 7.55. The van der Waals surface area contributed by atoms with E-state index in [4.69, 9.17) is 4.74 Å². The molecule has 162 valence electrons. The van der Waals surface area contributed by atoms with Crippen molar-refractivity contribution in [3.05, 3.63) is 24.3 Å². The van der Waals surface area contributed by atoms with E-state index in [0.717, 1.165) is 56.6 Å². The molecule has 3 saturated heterocycles.